The summed E-state index contributed by atoms with van der Waals surface area (Å²) in [5, 5.41) is 23.0. The Morgan fingerprint density at radius 3 is 2.49 bits per heavy atom. The zero-order chi connectivity index (χ0) is 26.4. The van der Waals surface area contributed by atoms with Crippen molar-refractivity contribution < 1.29 is 14.8 Å². The van der Waals surface area contributed by atoms with Crippen molar-refractivity contribution in [1.29, 1.82) is 0 Å². The fourth-order valence-corrected chi connectivity index (χ4v) is 4.98. The maximum atomic E-state index is 11.3. The molecule has 7 nitrogen and oxygen atoms in total. The van der Waals surface area contributed by atoms with Gasteiger partial charge in [-0.25, -0.2) is 0 Å². The van der Waals surface area contributed by atoms with Crippen molar-refractivity contribution in [2.75, 3.05) is 44.2 Å². The monoisotopic (exact) mass is 605 g/mol. The molecule has 1 atom stereocenters. The molecule has 1 heterocycles. The summed E-state index contributed by atoms with van der Waals surface area (Å²) in [6.07, 6.45) is 2.91. The largest absolute Gasteiger partial charge is 0.490 e. The van der Waals surface area contributed by atoms with E-state index in [1.54, 1.807) is 18.2 Å². The number of rotatable bonds is 9. The van der Waals surface area contributed by atoms with Crippen LogP contribution in [-0.4, -0.2) is 60.4 Å². The normalized spacial score (nSPS) is 15.2. The van der Waals surface area contributed by atoms with Crippen LogP contribution in [0.3, 0.4) is 0 Å². The Bertz CT molecular complexity index is 1280. The number of ether oxygens (including phenoxy) is 1. The summed E-state index contributed by atoms with van der Waals surface area (Å²) in [7, 11) is 0. The van der Waals surface area contributed by atoms with Crippen LogP contribution in [0, 0.1) is 10.1 Å². The maximum absolute atomic E-state index is 11.3. The van der Waals surface area contributed by atoms with E-state index in [1.807, 2.05) is 42.5 Å². The van der Waals surface area contributed by atoms with Gasteiger partial charge >= 0.3 is 0 Å². The van der Waals surface area contributed by atoms with Crippen LogP contribution in [0.25, 0.3) is 12.2 Å². The number of benzene rings is 3. The van der Waals surface area contributed by atoms with Crippen molar-refractivity contribution in [3.05, 3.63) is 96.4 Å². The lowest BCUT2D eigenvalue weighted by atomic mass is 10.1. The van der Waals surface area contributed by atoms with E-state index < -0.39 is 11.0 Å². The molecule has 1 fully saturated rings. The lowest BCUT2D eigenvalue weighted by Crippen LogP contribution is -2.49. The Kier molecular flexibility index (Phi) is 9.45. The molecule has 3 aromatic rings. The SMILES string of the molecule is O=[N+]([O-])c1ccc(OCC(O)CN2CCN(c3cccc(Cl)c3Cl)CC2)c(C=Cc2ccccc2Br)c1. The number of nitro groups is 1. The van der Waals surface area contributed by atoms with Gasteiger partial charge in [0, 0.05) is 54.9 Å². The van der Waals surface area contributed by atoms with Crippen molar-refractivity contribution in [1.82, 2.24) is 4.90 Å². The molecule has 1 unspecified atom stereocenters. The van der Waals surface area contributed by atoms with E-state index in [0.29, 0.717) is 27.9 Å². The Morgan fingerprint density at radius 2 is 1.76 bits per heavy atom. The second-order valence-corrected chi connectivity index (χ2v) is 10.3. The van der Waals surface area contributed by atoms with Gasteiger partial charge in [0.05, 0.1) is 20.7 Å². The minimum atomic E-state index is -0.725. The molecule has 194 valence electrons. The summed E-state index contributed by atoms with van der Waals surface area (Å²) in [5.41, 5.74) is 2.37. The second-order valence-electron chi connectivity index (χ2n) is 8.66. The first-order valence-electron chi connectivity index (χ1n) is 11.7. The van der Waals surface area contributed by atoms with Gasteiger partial charge in [0.15, 0.2) is 0 Å². The number of anilines is 1. The minimum absolute atomic E-state index is 0.0302. The standard InChI is InChI=1S/C27H26BrCl2N3O4/c28-23-5-2-1-4-19(23)8-9-20-16-21(33(35)36)10-11-26(20)37-18-22(34)17-31-12-14-32(15-13-31)25-7-3-6-24(29)27(25)30/h1-11,16,22,34H,12-15,17-18H2. The van der Waals surface area contributed by atoms with Gasteiger partial charge in [-0.15, -0.1) is 0 Å². The first-order chi connectivity index (χ1) is 17.8. The van der Waals surface area contributed by atoms with E-state index in [2.05, 4.69) is 25.7 Å². The summed E-state index contributed by atoms with van der Waals surface area (Å²) >= 11 is 16.0. The second kappa shape index (κ2) is 12.8. The molecule has 1 N–H and O–H groups in total. The topological polar surface area (TPSA) is 79.1 Å². The molecule has 37 heavy (non-hydrogen) atoms. The number of nitrogens with zero attached hydrogens (tertiary/aromatic N) is 3. The van der Waals surface area contributed by atoms with Crippen molar-refractivity contribution in [3.8, 4) is 5.75 Å². The molecule has 0 amide bonds. The maximum Gasteiger partial charge on any atom is 0.270 e. The number of hydrogen-bond donors (Lipinski definition) is 1. The van der Waals surface area contributed by atoms with Crippen LogP contribution >= 0.6 is 39.1 Å². The highest BCUT2D eigenvalue weighted by Crippen LogP contribution is 2.33. The van der Waals surface area contributed by atoms with Crippen LogP contribution in [0.15, 0.2) is 65.1 Å². The fraction of sp³-hybridized carbons (Fsp3) is 0.259. The summed E-state index contributed by atoms with van der Waals surface area (Å²) < 4.78 is 6.82. The molecule has 0 radical (unpaired) electrons. The molecule has 4 rings (SSSR count). The van der Waals surface area contributed by atoms with Crippen molar-refractivity contribution in [2.24, 2.45) is 0 Å². The van der Waals surface area contributed by atoms with E-state index in [0.717, 1.165) is 41.9 Å². The molecule has 10 heteroatoms. The molecular weight excluding hydrogens is 581 g/mol. The number of hydrogen-bond acceptors (Lipinski definition) is 6. The first-order valence-corrected chi connectivity index (χ1v) is 13.3. The van der Waals surface area contributed by atoms with Crippen LogP contribution in [0.2, 0.25) is 10.0 Å². The highest BCUT2D eigenvalue weighted by Gasteiger charge is 2.22. The first kappa shape index (κ1) is 27.4. The van der Waals surface area contributed by atoms with Crippen molar-refractivity contribution in [3.63, 3.8) is 0 Å². The molecule has 0 aliphatic carbocycles. The van der Waals surface area contributed by atoms with E-state index >= 15 is 0 Å². The molecular formula is C27H26BrCl2N3O4. The third-order valence-electron chi connectivity index (χ3n) is 6.10. The van der Waals surface area contributed by atoms with Crippen LogP contribution < -0.4 is 9.64 Å². The predicted molar refractivity (Wildman–Crippen MR) is 153 cm³/mol. The van der Waals surface area contributed by atoms with Crippen LogP contribution in [0.4, 0.5) is 11.4 Å². The van der Waals surface area contributed by atoms with Gasteiger partial charge in [-0.3, -0.25) is 15.0 Å². The Labute approximate surface area is 234 Å². The van der Waals surface area contributed by atoms with Crippen molar-refractivity contribution >= 4 is 62.7 Å². The predicted octanol–water partition coefficient (Wildman–Crippen LogP) is 6.40. The lowest BCUT2D eigenvalue weighted by Gasteiger charge is -2.37. The average Bonchev–Trinajstić information content (AvgIpc) is 2.89. The molecule has 3 aromatic carbocycles. The highest BCUT2D eigenvalue weighted by atomic mass is 79.9. The molecule has 0 aromatic heterocycles. The van der Waals surface area contributed by atoms with Gasteiger partial charge < -0.3 is 14.7 Å². The summed E-state index contributed by atoms with van der Waals surface area (Å²) in [6.45, 7) is 3.56. The average molecular weight is 607 g/mol. The number of halogens is 3. The number of nitro benzene ring substituents is 1. The zero-order valence-electron chi connectivity index (χ0n) is 19.9. The van der Waals surface area contributed by atoms with Gasteiger partial charge in [-0.05, 0) is 29.8 Å². The summed E-state index contributed by atoms with van der Waals surface area (Å²) in [5.74, 6) is 0.466. The number of aliphatic hydroxyl groups excluding tert-OH is 1. The van der Waals surface area contributed by atoms with Gasteiger partial charge in [-0.2, -0.15) is 0 Å². The molecule has 1 saturated heterocycles. The van der Waals surface area contributed by atoms with E-state index in [9.17, 15) is 15.2 Å². The van der Waals surface area contributed by atoms with Gasteiger partial charge in [0.25, 0.3) is 5.69 Å². The Morgan fingerprint density at radius 1 is 1.03 bits per heavy atom. The van der Waals surface area contributed by atoms with E-state index in [-0.39, 0.29) is 12.3 Å². The third-order valence-corrected chi connectivity index (χ3v) is 7.63. The minimum Gasteiger partial charge on any atom is -0.490 e. The molecule has 0 bridgehead atoms. The smallest absolute Gasteiger partial charge is 0.270 e. The van der Waals surface area contributed by atoms with Crippen LogP contribution in [0.5, 0.6) is 5.75 Å². The van der Waals surface area contributed by atoms with Gasteiger partial charge in [-0.1, -0.05) is 75.5 Å². The molecule has 1 aliphatic rings. The quantitative estimate of drug-likeness (QED) is 0.173. The number of piperazine rings is 1. The highest BCUT2D eigenvalue weighted by molar-refractivity contribution is 9.10. The fourth-order valence-electron chi connectivity index (χ4n) is 4.15. The van der Waals surface area contributed by atoms with E-state index in [4.69, 9.17) is 27.9 Å². The van der Waals surface area contributed by atoms with Crippen molar-refractivity contribution in [2.45, 2.75) is 6.10 Å². The molecule has 0 spiro atoms. The van der Waals surface area contributed by atoms with Crippen LogP contribution in [-0.2, 0) is 0 Å². The Balaban J connectivity index is 1.35. The summed E-state index contributed by atoms with van der Waals surface area (Å²) in [4.78, 5) is 15.2. The summed E-state index contributed by atoms with van der Waals surface area (Å²) in [6, 6.07) is 17.7. The molecule has 0 saturated carbocycles. The number of non-ortho nitro benzene ring substituents is 1. The number of β-amino-alcohol motifs (C(OH)–C–C–N with tert-alkyl or cyclic N) is 1. The Hall–Kier alpha value is -2.62. The van der Waals surface area contributed by atoms with Crippen LogP contribution in [0.1, 0.15) is 11.1 Å². The third kappa shape index (κ3) is 7.24. The number of aliphatic hydroxyl groups is 1. The molecule has 1 aliphatic heterocycles. The van der Waals surface area contributed by atoms with E-state index in [1.165, 1.54) is 12.1 Å². The van der Waals surface area contributed by atoms with Gasteiger partial charge in [0.1, 0.15) is 18.5 Å². The lowest BCUT2D eigenvalue weighted by molar-refractivity contribution is -0.384. The van der Waals surface area contributed by atoms with Gasteiger partial charge in [0.2, 0.25) is 0 Å². The zero-order valence-corrected chi connectivity index (χ0v) is 23.0.